The molecule has 2 aliphatic carbocycles. The van der Waals surface area contributed by atoms with E-state index in [1.165, 1.54) is 32.4 Å². The number of carbonyl (C=O) groups excluding carboxylic acids is 3. The number of ketones is 1. The molecule has 0 bridgehead atoms. The van der Waals surface area contributed by atoms with Crippen LogP contribution in [0.2, 0.25) is 0 Å². The number of halogens is 1. The molecule has 0 heterocycles. The fraction of sp³-hybridized carbons (Fsp3) is 0.346. The highest BCUT2D eigenvalue weighted by Crippen LogP contribution is 2.60. The summed E-state index contributed by atoms with van der Waals surface area (Å²) in [7, 11) is 2.41. The zero-order valence-electron chi connectivity index (χ0n) is 18.5. The summed E-state index contributed by atoms with van der Waals surface area (Å²) in [6.07, 6.45) is -0.0762. The zero-order valence-corrected chi connectivity index (χ0v) is 18.5. The average molecular weight is 436 g/mol. The second-order valence-corrected chi connectivity index (χ2v) is 8.97. The van der Waals surface area contributed by atoms with Gasteiger partial charge in [0, 0.05) is 12.0 Å². The Bertz CT molecular complexity index is 1140. The Morgan fingerprint density at radius 3 is 2.16 bits per heavy atom. The highest BCUT2D eigenvalue weighted by Gasteiger charge is 2.59. The van der Waals surface area contributed by atoms with Crippen molar-refractivity contribution in [3.63, 3.8) is 0 Å². The molecule has 2 aromatic carbocycles. The lowest BCUT2D eigenvalue weighted by Crippen LogP contribution is -2.48. The van der Waals surface area contributed by atoms with Crippen LogP contribution < -0.4 is 0 Å². The second-order valence-electron chi connectivity index (χ2n) is 8.97. The molecule has 1 unspecified atom stereocenters. The normalized spacial score (nSPS) is 20.2. The van der Waals surface area contributed by atoms with Crippen molar-refractivity contribution in [1.82, 2.24) is 0 Å². The van der Waals surface area contributed by atoms with Crippen LogP contribution in [0.3, 0.4) is 0 Å². The summed E-state index contributed by atoms with van der Waals surface area (Å²) in [5.74, 6) is -3.03. The molecule has 2 aromatic rings. The third-order valence-electron chi connectivity index (χ3n) is 7.03. The minimum Gasteiger partial charge on any atom is -0.468 e. The molecule has 0 aliphatic heterocycles. The van der Waals surface area contributed by atoms with Crippen molar-refractivity contribution in [3.8, 4) is 0 Å². The number of benzene rings is 2. The van der Waals surface area contributed by atoms with E-state index in [4.69, 9.17) is 9.47 Å². The van der Waals surface area contributed by atoms with Gasteiger partial charge in [0.15, 0.2) is 11.2 Å². The average Bonchev–Trinajstić information content (AvgIpc) is 3.04. The van der Waals surface area contributed by atoms with Crippen molar-refractivity contribution in [1.29, 1.82) is 0 Å². The van der Waals surface area contributed by atoms with Gasteiger partial charge in [-0.2, -0.15) is 0 Å². The number of carbonyl (C=O) groups is 3. The summed E-state index contributed by atoms with van der Waals surface area (Å²) in [6.45, 7) is 4.05. The second kappa shape index (κ2) is 7.69. The van der Waals surface area contributed by atoms with Gasteiger partial charge in [-0.1, -0.05) is 50.2 Å². The molecule has 1 atom stereocenters. The molecule has 0 amide bonds. The topological polar surface area (TPSA) is 69.7 Å². The third-order valence-corrected chi connectivity index (χ3v) is 7.03. The minimum absolute atomic E-state index is 0.0959. The molecule has 4 rings (SSSR count). The summed E-state index contributed by atoms with van der Waals surface area (Å²) in [5.41, 5.74) is 0.673. The molecule has 5 nitrogen and oxygen atoms in total. The van der Waals surface area contributed by atoms with E-state index >= 15 is 0 Å². The van der Waals surface area contributed by atoms with Crippen LogP contribution in [-0.2, 0) is 24.5 Å². The summed E-state index contributed by atoms with van der Waals surface area (Å²) in [5, 5.41) is 0. The van der Waals surface area contributed by atoms with Crippen LogP contribution in [-0.4, -0.2) is 31.9 Å². The molecule has 166 valence electrons. The minimum atomic E-state index is -1.69. The molecule has 0 fully saturated rings. The first kappa shape index (κ1) is 21.9. The van der Waals surface area contributed by atoms with Crippen LogP contribution in [0.1, 0.15) is 48.2 Å². The van der Waals surface area contributed by atoms with Gasteiger partial charge in [-0.25, -0.2) is 4.39 Å². The van der Waals surface area contributed by atoms with Crippen molar-refractivity contribution < 1.29 is 28.2 Å². The molecular weight excluding hydrogens is 411 g/mol. The van der Waals surface area contributed by atoms with E-state index in [2.05, 4.69) is 0 Å². The summed E-state index contributed by atoms with van der Waals surface area (Å²) in [4.78, 5) is 39.7. The third kappa shape index (κ3) is 3.00. The lowest BCUT2D eigenvalue weighted by molar-refractivity contribution is -0.170. The molecule has 0 N–H and O–H groups in total. The first-order chi connectivity index (χ1) is 15.2. The van der Waals surface area contributed by atoms with E-state index in [0.717, 1.165) is 16.7 Å². The molecule has 0 spiro atoms. The summed E-state index contributed by atoms with van der Waals surface area (Å²) in [6, 6.07) is 13.5. The maximum Gasteiger partial charge on any atom is 0.323 e. The smallest absolute Gasteiger partial charge is 0.323 e. The van der Waals surface area contributed by atoms with Crippen LogP contribution in [0.15, 0.2) is 54.1 Å². The number of allylic oxidation sites excluding steroid dienone is 2. The number of methoxy groups -OCH3 is 2. The van der Waals surface area contributed by atoms with E-state index < -0.39 is 34.4 Å². The monoisotopic (exact) mass is 436 g/mol. The van der Waals surface area contributed by atoms with Crippen molar-refractivity contribution in [2.24, 2.45) is 11.3 Å². The molecule has 6 heteroatoms. The largest absolute Gasteiger partial charge is 0.468 e. The predicted octanol–water partition coefficient (Wildman–Crippen LogP) is 4.50. The van der Waals surface area contributed by atoms with Gasteiger partial charge in [0.05, 0.1) is 19.8 Å². The zero-order chi connectivity index (χ0) is 23.3. The van der Waals surface area contributed by atoms with Crippen molar-refractivity contribution >= 4 is 23.3 Å². The summed E-state index contributed by atoms with van der Waals surface area (Å²) < 4.78 is 24.6. The number of hydrogen-bond donors (Lipinski definition) is 0. The SMILES string of the molecule is COC(=O)C1(C(=O)OC)CC(C(=O)c2ccccc2F)=C2c3ccccc3C(C)(C)C2C1. The Morgan fingerprint density at radius 1 is 0.938 bits per heavy atom. The van der Waals surface area contributed by atoms with E-state index in [1.54, 1.807) is 6.07 Å². The van der Waals surface area contributed by atoms with E-state index in [1.807, 2.05) is 38.1 Å². The van der Waals surface area contributed by atoms with Crippen LogP contribution in [0.5, 0.6) is 0 Å². The maximum absolute atomic E-state index is 14.6. The van der Waals surface area contributed by atoms with Gasteiger partial charge >= 0.3 is 11.9 Å². The van der Waals surface area contributed by atoms with Crippen LogP contribution in [0.4, 0.5) is 4.39 Å². The van der Waals surface area contributed by atoms with Gasteiger partial charge < -0.3 is 9.47 Å². The fourth-order valence-corrected chi connectivity index (χ4v) is 5.36. The van der Waals surface area contributed by atoms with Crippen LogP contribution in [0, 0.1) is 17.2 Å². The molecule has 0 saturated heterocycles. The molecular formula is C26H25FO5. The number of fused-ring (bicyclic) bond motifs is 3. The van der Waals surface area contributed by atoms with Crippen molar-refractivity contribution in [2.75, 3.05) is 14.2 Å². The van der Waals surface area contributed by atoms with Crippen LogP contribution >= 0.6 is 0 Å². The van der Waals surface area contributed by atoms with Gasteiger partial charge in [-0.15, -0.1) is 0 Å². The van der Waals surface area contributed by atoms with Gasteiger partial charge in [0.25, 0.3) is 0 Å². The molecule has 2 aliphatic rings. The first-order valence-electron chi connectivity index (χ1n) is 10.5. The van der Waals surface area contributed by atoms with E-state index in [-0.39, 0.29) is 29.9 Å². The Labute approximate surface area is 186 Å². The van der Waals surface area contributed by atoms with E-state index in [0.29, 0.717) is 0 Å². The number of rotatable bonds is 4. The Morgan fingerprint density at radius 2 is 1.53 bits per heavy atom. The molecule has 0 saturated carbocycles. The number of hydrogen-bond acceptors (Lipinski definition) is 5. The van der Waals surface area contributed by atoms with E-state index in [9.17, 15) is 18.8 Å². The van der Waals surface area contributed by atoms with Gasteiger partial charge in [0.2, 0.25) is 0 Å². The molecule has 32 heavy (non-hydrogen) atoms. The Balaban J connectivity index is 2.02. The molecule has 0 radical (unpaired) electrons. The predicted molar refractivity (Wildman–Crippen MR) is 116 cm³/mol. The van der Waals surface area contributed by atoms with Gasteiger partial charge in [-0.3, -0.25) is 14.4 Å². The number of ether oxygens (including phenoxy) is 2. The lowest BCUT2D eigenvalue weighted by Gasteiger charge is -2.41. The lowest BCUT2D eigenvalue weighted by atomic mass is 9.61. The number of Topliss-reactive ketones (excluding diaryl/α,β-unsaturated/α-hetero) is 1. The maximum atomic E-state index is 14.6. The Hall–Kier alpha value is -3.28. The van der Waals surface area contributed by atoms with Crippen molar-refractivity contribution in [2.45, 2.75) is 32.1 Å². The summed E-state index contributed by atoms with van der Waals surface area (Å²) >= 11 is 0. The number of esters is 2. The Kier molecular flexibility index (Phi) is 5.27. The fourth-order valence-electron chi connectivity index (χ4n) is 5.36. The molecule has 0 aromatic heterocycles. The highest BCUT2D eigenvalue weighted by molar-refractivity contribution is 6.16. The van der Waals surface area contributed by atoms with Crippen LogP contribution in [0.25, 0.3) is 5.57 Å². The van der Waals surface area contributed by atoms with Gasteiger partial charge in [0.1, 0.15) is 5.82 Å². The standard InChI is InChI=1S/C26H25FO5/c1-25(2)18-11-7-5-9-15(18)21-17(22(28)16-10-6-8-12-20(16)27)13-26(14-19(21)25,23(29)31-3)24(30)32-4/h5-12,19H,13-14H2,1-4H3. The highest BCUT2D eigenvalue weighted by atomic mass is 19.1. The first-order valence-corrected chi connectivity index (χ1v) is 10.5. The quantitative estimate of drug-likeness (QED) is 0.401. The van der Waals surface area contributed by atoms with Gasteiger partial charge in [-0.05, 0) is 46.6 Å². The van der Waals surface area contributed by atoms with Crippen molar-refractivity contribution in [3.05, 3.63) is 76.6 Å².